The number of hydrogen-bond acceptors (Lipinski definition) is 3. The van der Waals surface area contributed by atoms with Crippen molar-refractivity contribution < 1.29 is 14.3 Å². The van der Waals surface area contributed by atoms with Crippen molar-refractivity contribution in [1.29, 1.82) is 0 Å². The minimum Gasteiger partial charge on any atom is -0.464 e. The summed E-state index contributed by atoms with van der Waals surface area (Å²) < 4.78 is 10.6. The van der Waals surface area contributed by atoms with Gasteiger partial charge in [0, 0.05) is 0 Å². The van der Waals surface area contributed by atoms with E-state index in [0.717, 1.165) is 5.56 Å². The molecule has 0 aliphatic heterocycles. The second-order valence-electron chi connectivity index (χ2n) is 4.28. The molecule has 3 nitrogen and oxygen atoms in total. The van der Waals surface area contributed by atoms with Gasteiger partial charge in [-0.05, 0) is 31.2 Å². The summed E-state index contributed by atoms with van der Waals surface area (Å²) >= 11 is 0. The number of rotatable bonds is 6. The zero-order valence-corrected chi connectivity index (χ0v) is 10.1. The molecule has 92 valence electrons. The molecule has 1 aliphatic rings. The van der Waals surface area contributed by atoms with Crippen molar-refractivity contribution in [2.75, 3.05) is 13.2 Å². The van der Waals surface area contributed by atoms with Gasteiger partial charge in [0.05, 0.1) is 12.7 Å². The van der Waals surface area contributed by atoms with Gasteiger partial charge in [0.2, 0.25) is 0 Å². The summed E-state index contributed by atoms with van der Waals surface area (Å²) in [5.41, 5.74) is 1.15. The molecule has 17 heavy (non-hydrogen) atoms. The van der Waals surface area contributed by atoms with Gasteiger partial charge < -0.3 is 9.47 Å². The van der Waals surface area contributed by atoms with Gasteiger partial charge >= 0.3 is 5.97 Å². The van der Waals surface area contributed by atoms with Gasteiger partial charge in [-0.3, -0.25) is 0 Å². The maximum absolute atomic E-state index is 11.3. The van der Waals surface area contributed by atoms with Crippen LogP contribution in [0, 0.1) is 5.92 Å². The number of esters is 1. The SMILES string of the molecule is CCOC(=O)COC(c1ccccc1)C1CC1. The van der Waals surface area contributed by atoms with Crippen molar-refractivity contribution in [3.05, 3.63) is 35.9 Å². The zero-order chi connectivity index (χ0) is 12.1. The smallest absolute Gasteiger partial charge is 0.332 e. The lowest BCUT2D eigenvalue weighted by Gasteiger charge is -2.17. The summed E-state index contributed by atoms with van der Waals surface area (Å²) in [6, 6.07) is 10.1. The standard InChI is InChI=1S/C14H18O3/c1-2-16-13(15)10-17-14(12-8-9-12)11-6-4-3-5-7-11/h3-7,12,14H,2,8-10H2,1H3. The van der Waals surface area contributed by atoms with Gasteiger partial charge in [0.25, 0.3) is 0 Å². The molecular weight excluding hydrogens is 216 g/mol. The molecule has 0 heterocycles. The number of carbonyl (C=O) groups is 1. The quantitative estimate of drug-likeness (QED) is 0.710. The van der Waals surface area contributed by atoms with Gasteiger partial charge in [-0.25, -0.2) is 4.79 Å². The van der Waals surface area contributed by atoms with E-state index in [1.165, 1.54) is 12.8 Å². The maximum atomic E-state index is 11.3. The molecule has 2 rings (SSSR count). The van der Waals surface area contributed by atoms with E-state index in [2.05, 4.69) is 0 Å². The highest BCUT2D eigenvalue weighted by molar-refractivity contribution is 5.70. The molecule has 3 heteroatoms. The molecular formula is C14H18O3. The summed E-state index contributed by atoms with van der Waals surface area (Å²) in [4.78, 5) is 11.3. The van der Waals surface area contributed by atoms with Crippen LogP contribution in [0.4, 0.5) is 0 Å². The molecule has 0 radical (unpaired) electrons. The molecule has 0 aromatic heterocycles. The zero-order valence-electron chi connectivity index (χ0n) is 10.1. The van der Waals surface area contributed by atoms with Crippen LogP contribution in [0.5, 0.6) is 0 Å². The van der Waals surface area contributed by atoms with Crippen LogP contribution in [-0.2, 0) is 14.3 Å². The summed E-state index contributed by atoms with van der Waals surface area (Å²) in [5, 5.41) is 0. The van der Waals surface area contributed by atoms with Gasteiger partial charge in [-0.15, -0.1) is 0 Å². The van der Waals surface area contributed by atoms with E-state index >= 15 is 0 Å². The Hall–Kier alpha value is -1.35. The van der Waals surface area contributed by atoms with E-state index in [-0.39, 0.29) is 18.7 Å². The topological polar surface area (TPSA) is 35.5 Å². The first-order chi connectivity index (χ1) is 8.31. The van der Waals surface area contributed by atoms with Crippen LogP contribution in [0.15, 0.2) is 30.3 Å². The summed E-state index contributed by atoms with van der Waals surface area (Å²) in [6.45, 7) is 2.25. The number of ether oxygens (including phenoxy) is 2. The van der Waals surface area contributed by atoms with Crippen molar-refractivity contribution >= 4 is 5.97 Å². The Morgan fingerprint density at radius 1 is 1.35 bits per heavy atom. The predicted molar refractivity (Wildman–Crippen MR) is 64.5 cm³/mol. The lowest BCUT2D eigenvalue weighted by molar-refractivity contribution is -0.151. The van der Waals surface area contributed by atoms with E-state index in [0.29, 0.717) is 12.5 Å². The average Bonchev–Trinajstić information content (AvgIpc) is 3.16. The minimum atomic E-state index is -0.283. The van der Waals surface area contributed by atoms with Gasteiger partial charge in [0.15, 0.2) is 0 Å². The fourth-order valence-corrected chi connectivity index (χ4v) is 1.91. The first-order valence-electron chi connectivity index (χ1n) is 6.13. The first kappa shape index (κ1) is 12.1. The highest BCUT2D eigenvalue weighted by atomic mass is 16.6. The molecule has 0 amide bonds. The molecule has 1 fully saturated rings. The Kier molecular flexibility index (Phi) is 4.15. The van der Waals surface area contributed by atoms with E-state index in [4.69, 9.17) is 9.47 Å². The van der Waals surface area contributed by atoms with Crippen molar-refractivity contribution in [2.24, 2.45) is 5.92 Å². The predicted octanol–water partition coefficient (Wildman–Crippen LogP) is 2.72. The highest BCUT2D eigenvalue weighted by Gasteiger charge is 2.33. The molecule has 0 spiro atoms. The van der Waals surface area contributed by atoms with Crippen molar-refractivity contribution in [2.45, 2.75) is 25.9 Å². The Labute approximate surface area is 102 Å². The number of benzene rings is 1. The molecule has 1 aromatic rings. The monoisotopic (exact) mass is 234 g/mol. The molecule has 1 aliphatic carbocycles. The fourth-order valence-electron chi connectivity index (χ4n) is 1.91. The third kappa shape index (κ3) is 3.56. The van der Waals surface area contributed by atoms with Crippen molar-refractivity contribution in [3.8, 4) is 0 Å². The number of carbonyl (C=O) groups excluding carboxylic acids is 1. The summed E-state index contributed by atoms with van der Waals surface area (Å²) in [7, 11) is 0. The maximum Gasteiger partial charge on any atom is 0.332 e. The van der Waals surface area contributed by atoms with Gasteiger partial charge in [-0.2, -0.15) is 0 Å². The van der Waals surface area contributed by atoms with Crippen LogP contribution in [0.25, 0.3) is 0 Å². The van der Waals surface area contributed by atoms with Crippen LogP contribution >= 0.6 is 0 Å². The largest absolute Gasteiger partial charge is 0.464 e. The molecule has 0 N–H and O–H groups in total. The van der Waals surface area contributed by atoms with Crippen molar-refractivity contribution in [1.82, 2.24) is 0 Å². The molecule has 1 aromatic carbocycles. The third-order valence-corrected chi connectivity index (χ3v) is 2.86. The van der Waals surface area contributed by atoms with E-state index in [1.54, 1.807) is 6.92 Å². The second-order valence-corrected chi connectivity index (χ2v) is 4.28. The van der Waals surface area contributed by atoms with E-state index in [1.807, 2.05) is 30.3 Å². The van der Waals surface area contributed by atoms with Gasteiger partial charge in [0.1, 0.15) is 6.61 Å². The minimum absolute atomic E-state index is 0.0422. The molecule has 1 atom stereocenters. The van der Waals surface area contributed by atoms with E-state index in [9.17, 15) is 4.79 Å². The summed E-state index contributed by atoms with van der Waals surface area (Å²) in [6.07, 6.45) is 2.41. The molecule has 1 saturated carbocycles. The molecule has 0 saturated heterocycles. The lowest BCUT2D eigenvalue weighted by Crippen LogP contribution is -2.16. The Bertz CT molecular complexity index is 357. The van der Waals surface area contributed by atoms with Crippen LogP contribution in [0.1, 0.15) is 31.4 Å². The first-order valence-corrected chi connectivity index (χ1v) is 6.13. The molecule has 1 unspecified atom stereocenters. The number of hydrogen-bond donors (Lipinski definition) is 0. The van der Waals surface area contributed by atoms with Gasteiger partial charge in [-0.1, -0.05) is 30.3 Å². The Morgan fingerprint density at radius 2 is 2.06 bits per heavy atom. The highest BCUT2D eigenvalue weighted by Crippen LogP contribution is 2.43. The molecule has 0 bridgehead atoms. The third-order valence-electron chi connectivity index (χ3n) is 2.86. The second kappa shape index (κ2) is 5.82. The lowest BCUT2D eigenvalue weighted by atomic mass is 10.1. The summed E-state index contributed by atoms with van der Waals surface area (Å²) in [5.74, 6) is 0.279. The van der Waals surface area contributed by atoms with Crippen LogP contribution in [-0.4, -0.2) is 19.2 Å². The fraction of sp³-hybridized carbons (Fsp3) is 0.500. The normalized spacial score (nSPS) is 16.5. The van der Waals surface area contributed by atoms with Crippen LogP contribution in [0.3, 0.4) is 0 Å². The van der Waals surface area contributed by atoms with Crippen LogP contribution < -0.4 is 0 Å². The van der Waals surface area contributed by atoms with Crippen LogP contribution in [0.2, 0.25) is 0 Å². The Balaban J connectivity index is 1.92. The van der Waals surface area contributed by atoms with Crippen molar-refractivity contribution in [3.63, 3.8) is 0 Å². The average molecular weight is 234 g/mol. The van der Waals surface area contributed by atoms with E-state index < -0.39 is 0 Å². The Morgan fingerprint density at radius 3 is 2.65 bits per heavy atom.